The number of phenolic OH excluding ortho intramolecular Hbond substituents is 1. The first-order valence-corrected chi connectivity index (χ1v) is 6.86. The van der Waals surface area contributed by atoms with Crippen LogP contribution in [0.1, 0.15) is 36.0 Å². The molecule has 2 aliphatic rings. The Labute approximate surface area is 116 Å². The van der Waals surface area contributed by atoms with Crippen molar-refractivity contribution in [1.29, 1.82) is 0 Å². The van der Waals surface area contributed by atoms with Crippen molar-refractivity contribution in [2.45, 2.75) is 25.7 Å². The Bertz CT molecular complexity index is 556. The minimum absolute atomic E-state index is 0.127. The summed E-state index contributed by atoms with van der Waals surface area (Å²) in [6.07, 6.45) is 4.68. The number of halogens is 1. The van der Waals surface area contributed by atoms with E-state index in [0.29, 0.717) is 10.9 Å². The second-order valence-electron chi connectivity index (χ2n) is 5.29. The Balaban J connectivity index is 1.70. The normalized spacial score (nSPS) is 26.9. The standard InChI is InChI=1S/C14H15ClN2O2/c15-10-3-4-11(13(18)7-10)14(19)17-16-12-6-8-1-2-9(12)5-8/h3-4,7-9,18H,1-2,5-6H2,(H,17,19)/b16-12-/t8-,9+/m1/s1. The Morgan fingerprint density at radius 3 is 2.89 bits per heavy atom. The van der Waals surface area contributed by atoms with E-state index in [0.717, 1.165) is 18.1 Å². The Morgan fingerprint density at radius 2 is 2.26 bits per heavy atom. The van der Waals surface area contributed by atoms with Crippen molar-refractivity contribution in [3.8, 4) is 5.75 Å². The van der Waals surface area contributed by atoms with Gasteiger partial charge in [0.1, 0.15) is 5.75 Å². The zero-order chi connectivity index (χ0) is 13.4. The molecule has 1 aromatic carbocycles. The molecule has 0 radical (unpaired) electrons. The molecule has 19 heavy (non-hydrogen) atoms. The summed E-state index contributed by atoms with van der Waals surface area (Å²) in [5, 5.41) is 14.3. The van der Waals surface area contributed by atoms with Crippen molar-refractivity contribution < 1.29 is 9.90 Å². The smallest absolute Gasteiger partial charge is 0.275 e. The van der Waals surface area contributed by atoms with Crippen molar-refractivity contribution in [3.05, 3.63) is 28.8 Å². The summed E-state index contributed by atoms with van der Waals surface area (Å²) in [4.78, 5) is 11.9. The highest BCUT2D eigenvalue weighted by Gasteiger charge is 2.36. The number of rotatable bonds is 2. The highest BCUT2D eigenvalue weighted by atomic mass is 35.5. The lowest BCUT2D eigenvalue weighted by Crippen LogP contribution is -2.22. The molecule has 5 heteroatoms. The summed E-state index contributed by atoms with van der Waals surface area (Å²) in [6.45, 7) is 0. The summed E-state index contributed by atoms with van der Waals surface area (Å²) < 4.78 is 0. The van der Waals surface area contributed by atoms with E-state index in [1.54, 1.807) is 6.07 Å². The third-order valence-corrected chi connectivity index (χ3v) is 4.25. The summed E-state index contributed by atoms with van der Waals surface area (Å²) >= 11 is 5.73. The van der Waals surface area contributed by atoms with Crippen molar-refractivity contribution in [1.82, 2.24) is 5.43 Å². The van der Waals surface area contributed by atoms with Crippen molar-refractivity contribution in [2.24, 2.45) is 16.9 Å². The van der Waals surface area contributed by atoms with Gasteiger partial charge in [0.05, 0.1) is 5.56 Å². The Kier molecular flexibility index (Phi) is 3.19. The van der Waals surface area contributed by atoms with Gasteiger partial charge in [-0.25, -0.2) is 5.43 Å². The van der Waals surface area contributed by atoms with Crippen LogP contribution in [0.2, 0.25) is 5.02 Å². The average molecular weight is 279 g/mol. The van der Waals surface area contributed by atoms with E-state index in [1.807, 2.05) is 0 Å². The van der Waals surface area contributed by atoms with Gasteiger partial charge in [0.2, 0.25) is 0 Å². The molecule has 1 aromatic rings. The summed E-state index contributed by atoms with van der Waals surface area (Å²) in [5.41, 5.74) is 3.82. The summed E-state index contributed by atoms with van der Waals surface area (Å²) in [6, 6.07) is 4.41. The van der Waals surface area contributed by atoms with Crippen molar-refractivity contribution in [3.63, 3.8) is 0 Å². The summed E-state index contributed by atoms with van der Waals surface area (Å²) in [5.74, 6) is 0.774. The van der Waals surface area contributed by atoms with Crippen molar-refractivity contribution in [2.75, 3.05) is 0 Å². The first kappa shape index (κ1) is 12.5. The van der Waals surface area contributed by atoms with E-state index in [4.69, 9.17) is 11.6 Å². The highest BCUT2D eigenvalue weighted by Crippen LogP contribution is 2.42. The molecule has 0 unspecified atom stereocenters. The van der Waals surface area contributed by atoms with Gasteiger partial charge in [-0.1, -0.05) is 11.6 Å². The molecule has 0 heterocycles. The minimum Gasteiger partial charge on any atom is -0.507 e. The molecule has 3 rings (SSSR count). The topological polar surface area (TPSA) is 61.7 Å². The Morgan fingerprint density at radius 1 is 1.42 bits per heavy atom. The lowest BCUT2D eigenvalue weighted by Gasteiger charge is -2.11. The first-order valence-electron chi connectivity index (χ1n) is 6.49. The van der Waals surface area contributed by atoms with Gasteiger partial charge in [0.25, 0.3) is 5.91 Å². The predicted molar refractivity (Wildman–Crippen MR) is 73.5 cm³/mol. The maximum atomic E-state index is 11.9. The number of aromatic hydroxyl groups is 1. The molecular formula is C14H15ClN2O2. The molecule has 0 aromatic heterocycles. The van der Waals surface area contributed by atoms with Gasteiger partial charge in [0, 0.05) is 10.7 Å². The molecule has 2 aliphatic carbocycles. The molecule has 2 N–H and O–H groups in total. The molecule has 0 aliphatic heterocycles. The molecule has 2 atom stereocenters. The predicted octanol–water partition coefficient (Wildman–Crippen LogP) is 2.95. The number of hydrogen-bond donors (Lipinski definition) is 2. The molecular weight excluding hydrogens is 264 g/mol. The van der Waals surface area contributed by atoms with Gasteiger partial charge in [-0.05, 0) is 55.7 Å². The van der Waals surface area contributed by atoms with E-state index in [9.17, 15) is 9.90 Å². The van der Waals surface area contributed by atoms with E-state index < -0.39 is 5.91 Å². The van der Waals surface area contributed by atoms with Gasteiger partial charge < -0.3 is 5.11 Å². The second kappa shape index (κ2) is 4.85. The molecule has 1 amide bonds. The average Bonchev–Trinajstić information content (AvgIpc) is 2.98. The monoisotopic (exact) mass is 278 g/mol. The number of carbonyl (C=O) groups is 1. The molecule has 2 saturated carbocycles. The number of phenols is 1. The fourth-order valence-corrected chi connectivity index (χ4v) is 3.21. The molecule has 100 valence electrons. The number of amides is 1. The van der Waals surface area contributed by atoms with Gasteiger partial charge >= 0.3 is 0 Å². The number of hydrogen-bond acceptors (Lipinski definition) is 3. The van der Waals surface area contributed by atoms with Crippen molar-refractivity contribution >= 4 is 23.2 Å². The third kappa shape index (κ3) is 2.45. The fraction of sp³-hybridized carbons (Fsp3) is 0.429. The van der Waals surface area contributed by atoms with Gasteiger partial charge in [-0.3, -0.25) is 4.79 Å². The van der Waals surface area contributed by atoms with E-state index in [2.05, 4.69) is 10.5 Å². The lowest BCUT2D eigenvalue weighted by atomic mass is 9.99. The highest BCUT2D eigenvalue weighted by molar-refractivity contribution is 6.30. The lowest BCUT2D eigenvalue weighted by molar-refractivity contribution is 0.0952. The fourth-order valence-electron chi connectivity index (χ4n) is 3.04. The largest absolute Gasteiger partial charge is 0.507 e. The number of hydrazone groups is 1. The number of nitrogens with one attached hydrogen (secondary N) is 1. The number of carbonyl (C=O) groups excluding carboxylic acids is 1. The van der Waals surface area contributed by atoms with Gasteiger partial charge in [-0.2, -0.15) is 5.10 Å². The van der Waals surface area contributed by atoms with Crippen LogP contribution < -0.4 is 5.43 Å². The Hall–Kier alpha value is -1.55. The molecule has 0 spiro atoms. The molecule has 2 fully saturated rings. The van der Waals surface area contributed by atoms with Crippen LogP contribution in [0.25, 0.3) is 0 Å². The maximum Gasteiger partial charge on any atom is 0.275 e. The zero-order valence-corrected chi connectivity index (χ0v) is 11.2. The van der Waals surface area contributed by atoms with Crippen LogP contribution in [0.5, 0.6) is 5.75 Å². The van der Waals surface area contributed by atoms with Crippen LogP contribution in [-0.2, 0) is 0 Å². The third-order valence-electron chi connectivity index (χ3n) is 4.02. The number of benzene rings is 1. The minimum atomic E-state index is -0.399. The van der Waals surface area contributed by atoms with E-state index >= 15 is 0 Å². The second-order valence-corrected chi connectivity index (χ2v) is 5.72. The zero-order valence-electron chi connectivity index (χ0n) is 10.4. The van der Waals surface area contributed by atoms with E-state index in [-0.39, 0.29) is 11.3 Å². The van der Waals surface area contributed by atoms with Gasteiger partial charge in [0.15, 0.2) is 0 Å². The SMILES string of the molecule is O=C(N/N=C1/C[C@@H]2CC[C@H]1C2)c1ccc(Cl)cc1O. The van der Waals surface area contributed by atoms with E-state index in [1.165, 1.54) is 31.4 Å². The number of fused-ring (bicyclic) bond motifs is 2. The maximum absolute atomic E-state index is 11.9. The van der Waals surface area contributed by atoms with Gasteiger partial charge in [-0.15, -0.1) is 0 Å². The van der Waals surface area contributed by atoms with Crippen LogP contribution in [-0.4, -0.2) is 16.7 Å². The summed E-state index contributed by atoms with van der Waals surface area (Å²) in [7, 11) is 0. The first-order chi connectivity index (χ1) is 9.13. The van der Waals surface area contributed by atoms with Crippen LogP contribution in [0.4, 0.5) is 0 Å². The molecule has 2 bridgehead atoms. The van der Waals surface area contributed by atoms with Crippen LogP contribution >= 0.6 is 11.6 Å². The molecule has 0 saturated heterocycles. The van der Waals surface area contributed by atoms with Crippen LogP contribution in [0.3, 0.4) is 0 Å². The molecule has 4 nitrogen and oxygen atoms in total. The van der Waals surface area contributed by atoms with Crippen LogP contribution in [0, 0.1) is 11.8 Å². The number of nitrogens with zero attached hydrogens (tertiary/aromatic N) is 1. The quantitative estimate of drug-likeness (QED) is 0.817. The van der Waals surface area contributed by atoms with Crippen LogP contribution in [0.15, 0.2) is 23.3 Å².